The van der Waals surface area contributed by atoms with Crippen molar-refractivity contribution in [1.29, 1.82) is 0 Å². The number of carbonyl (C=O) groups is 1. The van der Waals surface area contributed by atoms with Crippen LogP contribution < -0.4 is 14.6 Å². The number of benzene rings is 2. The second-order valence-corrected chi connectivity index (χ2v) is 8.98. The predicted octanol–water partition coefficient (Wildman–Crippen LogP) is 5.40. The third kappa shape index (κ3) is 5.36. The lowest BCUT2D eigenvalue weighted by atomic mass is 9.94. The summed E-state index contributed by atoms with van der Waals surface area (Å²) < 4.78 is 60.4. The molecular weight excluding hydrogens is 466 g/mol. The molecule has 0 unspecified atom stereocenters. The summed E-state index contributed by atoms with van der Waals surface area (Å²) in [5, 5.41) is 14.1. The first-order valence-corrected chi connectivity index (χ1v) is 11.5. The maximum atomic E-state index is 14.3. The van der Waals surface area contributed by atoms with Crippen molar-refractivity contribution in [2.75, 3.05) is 23.0 Å². The molecule has 0 bridgehead atoms. The van der Waals surface area contributed by atoms with Crippen molar-refractivity contribution in [3.05, 3.63) is 53.8 Å². The van der Waals surface area contributed by atoms with Crippen LogP contribution in [0.3, 0.4) is 0 Å². The average Bonchev–Trinajstić information content (AvgIpc) is 3.11. The SMILES string of the molecule is Cc1cccc(F)c1N1CCC(Oc2ccc(N3N=C(C(F)(F)F)[C@@H](C)[C@@H]3CC(=O)O)cc2)CC1. The fourth-order valence-corrected chi connectivity index (χ4v) is 4.77. The van der Waals surface area contributed by atoms with Crippen LogP contribution in [0.1, 0.15) is 31.7 Å². The normalized spacial score (nSPS) is 21.3. The summed E-state index contributed by atoms with van der Waals surface area (Å²) in [6.07, 6.45) is -3.80. The number of nitrogens with zero attached hydrogens (tertiary/aromatic N) is 3. The zero-order valence-electron chi connectivity index (χ0n) is 19.4. The van der Waals surface area contributed by atoms with Crippen molar-refractivity contribution in [2.24, 2.45) is 11.0 Å². The monoisotopic (exact) mass is 493 g/mol. The number of hydrogen-bond acceptors (Lipinski definition) is 5. The number of para-hydroxylation sites is 1. The van der Waals surface area contributed by atoms with Gasteiger partial charge in [-0.3, -0.25) is 9.80 Å². The molecule has 35 heavy (non-hydrogen) atoms. The van der Waals surface area contributed by atoms with Gasteiger partial charge in [-0.2, -0.15) is 18.3 Å². The van der Waals surface area contributed by atoms with Crippen molar-refractivity contribution >= 4 is 23.1 Å². The van der Waals surface area contributed by atoms with E-state index in [0.717, 1.165) is 10.6 Å². The second kappa shape index (κ2) is 9.75. The lowest BCUT2D eigenvalue weighted by Crippen LogP contribution is -2.39. The molecule has 2 aromatic rings. The molecule has 6 nitrogen and oxygen atoms in total. The molecule has 0 radical (unpaired) electrons. The number of aryl methyl sites for hydroxylation is 1. The van der Waals surface area contributed by atoms with Crippen LogP contribution >= 0.6 is 0 Å². The number of ether oxygens (including phenoxy) is 1. The maximum Gasteiger partial charge on any atom is 0.431 e. The van der Waals surface area contributed by atoms with Crippen LogP contribution in [0.2, 0.25) is 0 Å². The van der Waals surface area contributed by atoms with Crippen LogP contribution in [0.15, 0.2) is 47.6 Å². The summed E-state index contributed by atoms with van der Waals surface area (Å²) in [5.74, 6) is -1.96. The lowest BCUT2D eigenvalue weighted by molar-refractivity contribution is -0.137. The Morgan fingerprint density at radius 3 is 2.37 bits per heavy atom. The number of carboxylic acid groups (broad SMARTS) is 1. The first-order valence-electron chi connectivity index (χ1n) is 11.5. The minimum absolute atomic E-state index is 0.0781. The number of rotatable bonds is 6. The van der Waals surface area contributed by atoms with Crippen LogP contribution in [-0.4, -0.2) is 48.2 Å². The van der Waals surface area contributed by atoms with Gasteiger partial charge in [0.05, 0.1) is 23.8 Å². The van der Waals surface area contributed by atoms with Gasteiger partial charge in [0.2, 0.25) is 0 Å². The zero-order chi connectivity index (χ0) is 25.3. The highest BCUT2D eigenvalue weighted by Crippen LogP contribution is 2.37. The van der Waals surface area contributed by atoms with E-state index >= 15 is 0 Å². The van der Waals surface area contributed by atoms with Crippen LogP contribution in [0.25, 0.3) is 0 Å². The minimum atomic E-state index is -4.63. The number of carboxylic acids is 1. The van der Waals surface area contributed by atoms with E-state index in [2.05, 4.69) is 5.10 Å². The van der Waals surface area contributed by atoms with E-state index in [0.29, 0.717) is 43.1 Å². The van der Waals surface area contributed by atoms with Gasteiger partial charge in [-0.1, -0.05) is 19.1 Å². The first kappa shape index (κ1) is 24.8. The van der Waals surface area contributed by atoms with Crippen LogP contribution in [0, 0.1) is 18.7 Å². The van der Waals surface area contributed by atoms with Crippen LogP contribution in [0.5, 0.6) is 5.75 Å². The van der Waals surface area contributed by atoms with E-state index in [-0.39, 0.29) is 11.9 Å². The van der Waals surface area contributed by atoms with Crippen molar-refractivity contribution in [3.63, 3.8) is 0 Å². The number of anilines is 2. The van der Waals surface area contributed by atoms with Gasteiger partial charge in [-0.05, 0) is 42.8 Å². The zero-order valence-corrected chi connectivity index (χ0v) is 19.4. The van der Waals surface area contributed by atoms with Crippen molar-refractivity contribution in [2.45, 2.75) is 51.4 Å². The van der Waals surface area contributed by atoms with E-state index in [4.69, 9.17) is 4.74 Å². The van der Waals surface area contributed by atoms with Gasteiger partial charge < -0.3 is 14.7 Å². The summed E-state index contributed by atoms with van der Waals surface area (Å²) >= 11 is 0. The van der Waals surface area contributed by atoms with E-state index in [9.17, 15) is 27.5 Å². The highest BCUT2D eigenvalue weighted by Gasteiger charge is 2.48. The average molecular weight is 494 g/mol. The molecule has 4 rings (SSSR count). The van der Waals surface area contributed by atoms with Crippen molar-refractivity contribution < 1.29 is 32.2 Å². The molecule has 0 aromatic heterocycles. The molecule has 188 valence electrons. The van der Waals surface area contributed by atoms with Gasteiger partial charge >= 0.3 is 12.1 Å². The van der Waals surface area contributed by atoms with E-state index in [1.54, 1.807) is 30.3 Å². The maximum absolute atomic E-state index is 14.3. The Morgan fingerprint density at radius 1 is 1.14 bits per heavy atom. The van der Waals surface area contributed by atoms with Gasteiger partial charge in [-0.15, -0.1) is 0 Å². The van der Waals surface area contributed by atoms with Gasteiger partial charge in [0.1, 0.15) is 23.4 Å². The summed E-state index contributed by atoms with van der Waals surface area (Å²) in [4.78, 5) is 13.3. The standard InChI is InChI=1S/C25H27F4N3O3/c1-15-4-3-5-20(26)23(15)31-12-10-19(11-13-31)35-18-8-6-17(7-9-18)32-21(14-22(33)34)16(2)24(30-32)25(27,28)29/h3-9,16,19,21H,10-14H2,1-2H3,(H,33,34)/t16-,21-/m0/s1. The van der Waals surface area contributed by atoms with E-state index < -0.39 is 36.2 Å². The molecule has 0 spiro atoms. The predicted molar refractivity (Wildman–Crippen MR) is 125 cm³/mol. The number of hydrazone groups is 1. The third-order valence-corrected chi connectivity index (χ3v) is 6.56. The molecule has 2 aliphatic rings. The molecular formula is C25H27F4N3O3. The highest BCUT2D eigenvalue weighted by atomic mass is 19.4. The quantitative estimate of drug-likeness (QED) is 0.546. The van der Waals surface area contributed by atoms with Gasteiger partial charge in [0, 0.05) is 31.8 Å². The molecule has 0 amide bonds. The van der Waals surface area contributed by atoms with E-state index in [1.807, 2.05) is 17.9 Å². The minimum Gasteiger partial charge on any atom is -0.490 e. The number of piperidine rings is 1. The largest absolute Gasteiger partial charge is 0.490 e. The lowest BCUT2D eigenvalue weighted by Gasteiger charge is -2.34. The van der Waals surface area contributed by atoms with Crippen LogP contribution in [0.4, 0.5) is 28.9 Å². The summed E-state index contributed by atoms with van der Waals surface area (Å²) in [6.45, 7) is 4.50. The molecule has 2 aliphatic heterocycles. The number of halogens is 4. The Labute approximate surface area is 200 Å². The Hall–Kier alpha value is -3.30. The second-order valence-electron chi connectivity index (χ2n) is 8.98. The first-order chi connectivity index (χ1) is 16.5. The third-order valence-electron chi connectivity index (χ3n) is 6.56. The molecule has 0 aliphatic carbocycles. The molecule has 2 atom stereocenters. The smallest absolute Gasteiger partial charge is 0.431 e. The Bertz CT molecular complexity index is 1080. The topological polar surface area (TPSA) is 65.4 Å². The van der Waals surface area contributed by atoms with E-state index in [1.165, 1.54) is 13.0 Å². The highest BCUT2D eigenvalue weighted by molar-refractivity contribution is 5.95. The van der Waals surface area contributed by atoms with Crippen LogP contribution in [-0.2, 0) is 4.79 Å². The molecule has 1 N–H and O–H groups in total. The van der Waals surface area contributed by atoms with Crippen molar-refractivity contribution in [3.8, 4) is 5.75 Å². The Kier molecular flexibility index (Phi) is 6.91. The number of alkyl halides is 3. The van der Waals surface area contributed by atoms with Gasteiger partial charge in [0.15, 0.2) is 0 Å². The van der Waals surface area contributed by atoms with Gasteiger partial charge in [0.25, 0.3) is 0 Å². The molecule has 10 heteroatoms. The molecule has 2 aromatic carbocycles. The molecule has 2 heterocycles. The molecule has 0 saturated carbocycles. The van der Waals surface area contributed by atoms with Crippen molar-refractivity contribution in [1.82, 2.24) is 0 Å². The van der Waals surface area contributed by atoms with Gasteiger partial charge in [-0.25, -0.2) is 4.39 Å². The number of hydrogen-bond donors (Lipinski definition) is 1. The summed E-state index contributed by atoms with van der Waals surface area (Å²) in [5.41, 5.74) is 0.874. The Balaban J connectivity index is 1.42. The summed E-state index contributed by atoms with van der Waals surface area (Å²) in [7, 11) is 0. The molecule has 1 saturated heterocycles. The fraction of sp³-hybridized carbons (Fsp3) is 0.440. The Morgan fingerprint density at radius 2 is 1.80 bits per heavy atom. The summed E-state index contributed by atoms with van der Waals surface area (Å²) in [6, 6.07) is 10.5. The fourth-order valence-electron chi connectivity index (χ4n) is 4.77. The molecule has 1 fully saturated rings. The number of aliphatic carboxylic acids is 1.